The number of halogens is 1. The molecule has 0 aliphatic carbocycles. The van der Waals surface area contributed by atoms with Gasteiger partial charge in [-0.2, -0.15) is 0 Å². The molecule has 0 saturated heterocycles. The Morgan fingerprint density at radius 1 is 1.12 bits per heavy atom. The topological polar surface area (TPSA) is 72.6 Å². The molecular weight excluding hydrogens is 376 g/mol. The van der Waals surface area contributed by atoms with Crippen molar-refractivity contribution in [2.45, 2.75) is 18.4 Å². The van der Waals surface area contributed by atoms with Gasteiger partial charge in [0.2, 0.25) is 0 Å². The number of nitrogens with zero attached hydrogens (tertiary/aromatic N) is 2. The van der Waals surface area contributed by atoms with Crippen LogP contribution in [0.1, 0.15) is 11.5 Å². The van der Waals surface area contributed by atoms with E-state index in [0.29, 0.717) is 22.2 Å². The molecule has 0 N–H and O–H groups in total. The molecule has 3 aromatic rings. The Labute approximate surface area is 157 Å². The van der Waals surface area contributed by atoms with Gasteiger partial charge in [0.05, 0.1) is 16.3 Å². The fourth-order valence-corrected chi connectivity index (χ4v) is 3.62. The summed E-state index contributed by atoms with van der Waals surface area (Å²) in [5.74, 6) is 1.22. The minimum atomic E-state index is -3.66. The lowest BCUT2D eigenvalue weighted by atomic mass is 10.3. The molecule has 3 rings (SSSR count). The van der Waals surface area contributed by atoms with Crippen molar-refractivity contribution in [1.82, 2.24) is 5.16 Å². The zero-order valence-electron chi connectivity index (χ0n) is 14.2. The van der Waals surface area contributed by atoms with E-state index in [0.717, 1.165) is 5.69 Å². The Morgan fingerprint density at radius 2 is 1.77 bits per heavy atom. The predicted molar refractivity (Wildman–Crippen MR) is 99.1 cm³/mol. The van der Waals surface area contributed by atoms with Gasteiger partial charge in [-0.1, -0.05) is 16.8 Å². The van der Waals surface area contributed by atoms with Crippen LogP contribution in [0.3, 0.4) is 0 Å². The minimum Gasteiger partial charge on any atom is -0.486 e. The van der Waals surface area contributed by atoms with Gasteiger partial charge >= 0.3 is 0 Å². The van der Waals surface area contributed by atoms with Crippen LogP contribution in [0, 0.1) is 6.92 Å². The van der Waals surface area contributed by atoms with Gasteiger partial charge in [0.15, 0.2) is 5.76 Å². The van der Waals surface area contributed by atoms with E-state index in [-0.39, 0.29) is 11.5 Å². The summed E-state index contributed by atoms with van der Waals surface area (Å²) in [5.41, 5.74) is 1.30. The van der Waals surface area contributed by atoms with E-state index < -0.39 is 10.0 Å². The van der Waals surface area contributed by atoms with Gasteiger partial charge in [-0.25, -0.2) is 8.42 Å². The van der Waals surface area contributed by atoms with E-state index in [9.17, 15) is 8.42 Å². The highest BCUT2D eigenvalue weighted by molar-refractivity contribution is 7.92. The SMILES string of the molecule is Cc1cc(COc2ccc(N(C)S(=O)(=O)c3ccc(Cl)cc3)cc2)on1. The third-order valence-electron chi connectivity index (χ3n) is 3.73. The number of hydrogen-bond acceptors (Lipinski definition) is 5. The molecule has 0 fully saturated rings. The molecule has 0 radical (unpaired) electrons. The van der Waals surface area contributed by atoms with Gasteiger partial charge in [0, 0.05) is 18.1 Å². The molecule has 0 spiro atoms. The molecule has 26 heavy (non-hydrogen) atoms. The molecule has 136 valence electrons. The Hall–Kier alpha value is -2.51. The highest BCUT2D eigenvalue weighted by atomic mass is 35.5. The summed E-state index contributed by atoms with van der Waals surface area (Å²) in [4.78, 5) is 0.172. The van der Waals surface area contributed by atoms with Crippen molar-refractivity contribution in [3.05, 3.63) is 71.1 Å². The Morgan fingerprint density at radius 3 is 2.35 bits per heavy atom. The summed E-state index contributed by atoms with van der Waals surface area (Å²) in [6, 6.07) is 14.6. The van der Waals surface area contributed by atoms with E-state index in [1.807, 2.05) is 6.92 Å². The molecule has 0 saturated carbocycles. The third-order valence-corrected chi connectivity index (χ3v) is 5.78. The number of anilines is 1. The molecular formula is C18H17ClN2O4S. The number of aromatic nitrogens is 1. The van der Waals surface area contributed by atoms with Crippen molar-refractivity contribution >= 4 is 27.3 Å². The first-order valence-electron chi connectivity index (χ1n) is 7.76. The second kappa shape index (κ2) is 7.39. The van der Waals surface area contributed by atoms with Crippen LogP contribution < -0.4 is 9.04 Å². The lowest BCUT2D eigenvalue weighted by Crippen LogP contribution is -2.26. The second-order valence-corrected chi connectivity index (χ2v) is 8.05. The first kappa shape index (κ1) is 18.3. The smallest absolute Gasteiger partial charge is 0.264 e. The number of sulfonamides is 1. The first-order valence-corrected chi connectivity index (χ1v) is 9.57. The summed E-state index contributed by atoms with van der Waals surface area (Å²) >= 11 is 5.82. The van der Waals surface area contributed by atoms with Crippen molar-refractivity contribution in [3.63, 3.8) is 0 Å². The maximum Gasteiger partial charge on any atom is 0.264 e. The van der Waals surface area contributed by atoms with Gasteiger partial charge in [0.1, 0.15) is 12.4 Å². The Kier molecular flexibility index (Phi) is 5.20. The van der Waals surface area contributed by atoms with Crippen LogP contribution in [0.2, 0.25) is 5.02 Å². The summed E-state index contributed by atoms with van der Waals surface area (Å²) < 4.78 is 37.2. The Bertz CT molecular complexity index is 983. The monoisotopic (exact) mass is 392 g/mol. The summed E-state index contributed by atoms with van der Waals surface area (Å²) in [6.45, 7) is 2.08. The zero-order chi connectivity index (χ0) is 18.7. The van der Waals surface area contributed by atoms with E-state index in [2.05, 4.69) is 5.16 Å². The molecule has 1 aromatic heterocycles. The largest absolute Gasteiger partial charge is 0.486 e. The Balaban J connectivity index is 1.71. The maximum absolute atomic E-state index is 12.7. The van der Waals surface area contributed by atoms with E-state index in [4.69, 9.17) is 20.9 Å². The highest BCUT2D eigenvalue weighted by Gasteiger charge is 2.21. The van der Waals surface area contributed by atoms with Crippen molar-refractivity contribution in [1.29, 1.82) is 0 Å². The number of hydrogen-bond donors (Lipinski definition) is 0. The van der Waals surface area contributed by atoms with Crippen molar-refractivity contribution in [2.24, 2.45) is 0 Å². The van der Waals surface area contributed by atoms with Crippen LogP contribution in [-0.2, 0) is 16.6 Å². The number of benzene rings is 2. The average Bonchev–Trinajstić information content (AvgIpc) is 3.05. The normalized spacial score (nSPS) is 11.3. The molecule has 0 atom stereocenters. The van der Waals surface area contributed by atoms with Crippen LogP contribution >= 0.6 is 11.6 Å². The number of ether oxygens (including phenoxy) is 1. The van der Waals surface area contributed by atoms with Crippen LogP contribution in [0.5, 0.6) is 5.75 Å². The number of aryl methyl sites for hydroxylation is 1. The lowest BCUT2D eigenvalue weighted by Gasteiger charge is -2.19. The van der Waals surface area contributed by atoms with Gasteiger partial charge in [-0.15, -0.1) is 0 Å². The minimum absolute atomic E-state index is 0.172. The van der Waals surface area contributed by atoms with Gasteiger partial charge in [0.25, 0.3) is 10.0 Å². The molecule has 1 heterocycles. The van der Waals surface area contributed by atoms with E-state index in [1.54, 1.807) is 42.5 Å². The third kappa shape index (κ3) is 4.00. The molecule has 8 heteroatoms. The highest BCUT2D eigenvalue weighted by Crippen LogP contribution is 2.25. The standard InChI is InChI=1S/C18H17ClN2O4S/c1-13-11-17(25-20-13)12-24-16-7-5-15(6-8-16)21(2)26(22,23)18-9-3-14(19)4-10-18/h3-11H,12H2,1-2H3. The maximum atomic E-state index is 12.7. The molecule has 0 aliphatic heterocycles. The molecule has 6 nitrogen and oxygen atoms in total. The van der Waals surface area contributed by atoms with Gasteiger partial charge in [-0.3, -0.25) is 4.31 Å². The van der Waals surface area contributed by atoms with Crippen molar-refractivity contribution in [2.75, 3.05) is 11.4 Å². The fraction of sp³-hybridized carbons (Fsp3) is 0.167. The van der Waals surface area contributed by atoms with Crippen LogP contribution in [0.4, 0.5) is 5.69 Å². The number of rotatable bonds is 6. The predicted octanol–water partition coefficient (Wildman–Crippen LogP) is 4.04. The molecule has 0 amide bonds. The quantitative estimate of drug-likeness (QED) is 0.633. The van der Waals surface area contributed by atoms with Gasteiger partial charge in [-0.05, 0) is 55.5 Å². The van der Waals surface area contributed by atoms with Crippen LogP contribution in [0.25, 0.3) is 0 Å². The molecule has 0 unspecified atom stereocenters. The van der Waals surface area contributed by atoms with Crippen molar-refractivity contribution in [3.8, 4) is 5.75 Å². The zero-order valence-corrected chi connectivity index (χ0v) is 15.8. The lowest BCUT2D eigenvalue weighted by molar-refractivity contribution is 0.249. The first-order chi connectivity index (χ1) is 12.4. The average molecular weight is 393 g/mol. The second-order valence-electron chi connectivity index (χ2n) is 5.64. The molecule has 0 aliphatic rings. The van der Waals surface area contributed by atoms with Crippen LogP contribution in [0.15, 0.2) is 64.0 Å². The summed E-state index contributed by atoms with van der Waals surface area (Å²) in [7, 11) is -2.17. The van der Waals surface area contributed by atoms with Gasteiger partial charge < -0.3 is 9.26 Å². The van der Waals surface area contributed by atoms with E-state index in [1.165, 1.54) is 23.5 Å². The van der Waals surface area contributed by atoms with Crippen LogP contribution in [-0.4, -0.2) is 20.6 Å². The fourth-order valence-electron chi connectivity index (χ4n) is 2.29. The van der Waals surface area contributed by atoms with E-state index >= 15 is 0 Å². The summed E-state index contributed by atoms with van der Waals surface area (Å²) in [6.07, 6.45) is 0. The molecule has 2 aromatic carbocycles. The van der Waals surface area contributed by atoms with Crippen molar-refractivity contribution < 1.29 is 17.7 Å². The molecule has 0 bridgehead atoms. The summed E-state index contributed by atoms with van der Waals surface area (Å²) in [5, 5.41) is 4.27.